The SMILES string of the molecule is CCCCCCCCC1(CCCCCCCC)c2ccccc2-c2ccc(C)cc21.O.OCO. The molecule has 34 heavy (non-hydrogen) atoms. The van der Waals surface area contributed by atoms with Gasteiger partial charge in [0.2, 0.25) is 0 Å². The molecule has 0 bridgehead atoms. The molecule has 0 unspecified atom stereocenters. The van der Waals surface area contributed by atoms with Gasteiger partial charge in [0, 0.05) is 5.41 Å². The molecule has 0 atom stereocenters. The largest absolute Gasteiger partial charge is 0.412 e. The second-order valence-corrected chi connectivity index (χ2v) is 9.85. The van der Waals surface area contributed by atoms with E-state index < -0.39 is 6.79 Å². The molecule has 2 aromatic rings. The predicted molar refractivity (Wildman–Crippen MR) is 146 cm³/mol. The van der Waals surface area contributed by atoms with Crippen LogP contribution in [0.25, 0.3) is 11.1 Å². The highest BCUT2D eigenvalue weighted by atomic mass is 16.5. The zero-order chi connectivity index (χ0) is 23.9. The summed E-state index contributed by atoms with van der Waals surface area (Å²) in [5, 5.41) is 14.2. The molecule has 192 valence electrons. The van der Waals surface area contributed by atoms with Crippen molar-refractivity contribution >= 4 is 0 Å². The maximum Gasteiger partial charge on any atom is 0.140 e. The average Bonchev–Trinajstić information content (AvgIpc) is 3.08. The maximum absolute atomic E-state index is 7.12. The van der Waals surface area contributed by atoms with E-state index in [0.717, 1.165) is 0 Å². The van der Waals surface area contributed by atoms with Gasteiger partial charge >= 0.3 is 0 Å². The number of fused-ring (bicyclic) bond motifs is 3. The molecule has 1 aliphatic rings. The Balaban J connectivity index is 0.00000137. The molecular weight excluding hydrogens is 420 g/mol. The fourth-order valence-electron chi connectivity index (χ4n) is 5.65. The first-order valence-electron chi connectivity index (χ1n) is 13.6. The van der Waals surface area contributed by atoms with Crippen LogP contribution in [0.3, 0.4) is 0 Å². The number of aryl methyl sites for hydroxylation is 1. The molecule has 2 aromatic carbocycles. The van der Waals surface area contributed by atoms with E-state index in [1.807, 2.05) is 0 Å². The fourth-order valence-corrected chi connectivity index (χ4v) is 5.65. The fraction of sp³-hybridized carbons (Fsp3) is 0.613. The lowest BCUT2D eigenvalue weighted by molar-refractivity contribution is 0.0773. The summed E-state index contributed by atoms with van der Waals surface area (Å²) in [6.07, 6.45) is 19.2. The van der Waals surface area contributed by atoms with Crippen molar-refractivity contribution in [2.75, 3.05) is 6.79 Å². The van der Waals surface area contributed by atoms with Gasteiger partial charge in [-0.15, -0.1) is 0 Å². The number of hydrogen-bond donors (Lipinski definition) is 2. The van der Waals surface area contributed by atoms with Gasteiger partial charge in [-0.2, -0.15) is 0 Å². The van der Waals surface area contributed by atoms with Crippen LogP contribution in [0.15, 0.2) is 42.5 Å². The summed E-state index contributed by atoms with van der Waals surface area (Å²) in [5.74, 6) is 0. The van der Waals surface area contributed by atoms with Crippen LogP contribution in [0.5, 0.6) is 0 Å². The van der Waals surface area contributed by atoms with Gasteiger partial charge in [-0.3, -0.25) is 0 Å². The number of unbranched alkanes of at least 4 members (excludes halogenated alkanes) is 10. The summed E-state index contributed by atoms with van der Waals surface area (Å²) in [4.78, 5) is 0. The van der Waals surface area contributed by atoms with Crippen LogP contribution < -0.4 is 0 Å². The van der Waals surface area contributed by atoms with E-state index in [4.69, 9.17) is 10.2 Å². The molecule has 0 amide bonds. The number of rotatable bonds is 14. The Morgan fingerprint density at radius 1 is 0.618 bits per heavy atom. The normalized spacial score (nSPS) is 12.9. The van der Waals surface area contributed by atoms with Crippen molar-refractivity contribution in [2.45, 2.75) is 116 Å². The Kier molecular flexibility index (Phi) is 15.1. The quantitative estimate of drug-likeness (QED) is 0.218. The molecular formula is C31H50O3. The third kappa shape index (κ3) is 8.22. The number of aliphatic hydroxyl groups excluding tert-OH is 1. The first-order chi connectivity index (χ1) is 16.1. The van der Waals surface area contributed by atoms with Crippen LogP contribution in [0.1, 0.15) is 120 Å². The number of hydrogen-bond acceptors (Lipinski definition) is 2. The van der Waals surface area contributed by atoms with Crippen LogP contribution >= 0.6 is 0 Å². The van der Waals surface area contributed by atoms with Crippen molar-refractivity contribution in [3.05, 3.63) is 59.2 Å². The lowest BCUT2D eigenvalue weighted by Crippen LogP contribution is -2.25. The highest BCUT2D eigenvalue weighted by Crippen LogP contribution is 2.54. The molecule has 3 nitrogen and oxygen atoms in total. The minimum atomic E-state index is -0.750. The Bertz CT molecular complexity index is 783. The molecule has 3 rings (SSSR count). The van der Waals surface area contributed by atoms with Gasteiger partial charge < -0.3 is 15.7 Å². The Hall–Kier alpha value is -1.68. The molecule has 1 aliphatic carbocycles. The van der Waals surface area contributed by atoms with Gasteiger partial charge in [-0.1, -0.05) is 139 Å². The van der Waals surface area contributed by atoms with Gasteiger partial charge in [0.05, 0.1) is 0 Å². The summed E-state index contributed by atoms with van der Waals surface area (Å²) >= 11 is 0. The van der Waals surface area contributed by atoms with Gasteiger partial charge in [0.15, 0.2) is 0 Å². The van der Waals surface area contributed by atoms with E-state index in [1.165, 1.54) is 107 Å². The molecule has 0 spiro atoms. The number of aliphatic hydroxyl groups is 2. The first kappa shape index (κ1) is 30.4. The van der Waals surface area contributed by atoms with Crippen molar-refractivity contribution in [3.8, 4) is 11.1 Å². The van der Waals surface area contributed by atoms with E-state index in [-0.39, 0.29) is 10.9 Å². The summed E-state index contributed by atoms with van der Waals surface area (Å²) in [5.41, 5.74) is 7.92. The second-order valence-electron chi connectivity index (χ2n) is 9.85. The van der Waals surface area contributed by atoms with E-state index in [2.05, 4.69) is 63.2 Å². The van der Waals surface area contributed by atoms with Crippen LogP contribution in [-0.4, -0.2) is 22.5 Å². The molecule has 0 aliphatic heterocycles. The van der Waals surface area contributed by atoms with Gasteiger partial charge in [0.25, 0.3) is 0 Å². The monoisotopic (exact) mass is 470 g/mol. The molecule has 0 fully saturated rings. The Labute approximate surface area is 208 Å². The smallest absolute Gasteiger partial charge is 0.140 e. The van der Waals surface area contributed by atoms with Crippen LogP contribution in [0, 0.1) is 6.92 Å². The van der Waals surface area contributed by atoms with Crippen LogP contribution in [0.4, 0.5) is 0 Å². The van der Waals surface area contributed by atoms with Crippen molar-refractivity contribution in [1.29, 1.82) is 0 Å². The van der Waals surface area contributed by atoms with E-state index in [0.29, 0.717) is 0 Å². The number of benzene rings is 2. The highest BCUT2D eigenvalue weighted by molar-refractivity contribution is 5.81. The van der Waals surface area contributed by atoms with Gasteiger partial charge in [-0.05, 0) is 42.0 Å². The standard InChI is InChI=1S/C30H44.CH4O2.H2O/c1-4-6-8-10-12-16-22-30(23-17-13-11-9-7-5-2)28-19-15-14-18-26(28)27-21-20-25(3)24-29(27)30;2-1-3;/h14-15,18-21,24H,4-13,16-17,22-23H2,1-3H3;2-3H,1H2;1H2. The molecule has 0 heterocycles. The summed E-state index contributed by atoms with van der Waals surface area (Å²) in [6, 6.07) is 16.5. The minimum absolute atomic E-state index is 0. The molecule has 4 N–H and O–H groups in total. The average molecular weight is 471 g/mol. The topological polar surface area (TPSA) is 72.0 Å². The lowest BCUT2D eigenvalue weighted by atomic mass is 9.70. The molecule has 0 radical (unpaired) electrons. The zero-order valence-electron chi connectivity index (χ0n) is 22.0. The molecule has 3 heteroatoms. The lowest BCUT2D eigenvalue weighted by Gasteiger charge is -2.33. The second kappa shape index (κ2) is 16.9. The van der Waals surface area contributed by atoms with Crippen LogP contribution in [-0.2, 0) is 5.41 Å². The van der Waals surface area contributed by atoms with Gasteiger partial charge in [0.1, 0.15) is 6.79 Å². The highest BCUT2D eigenvalue weighted by Gasteiger charge is 2.41. The van der Waals surface area contributed by atoms with Crippen molar-refractivity contribution < 1.29 is 15.7 Å². The molecule has 0 saturated carbocycles. The Morgan fingerprint density at radius 2 is 1.09 bits per heavy atom. The third-order valence-corrected chi connectivity index (χ3v) is 7.34. The van der Waals surface area contributed by atoms with E-state index in [9.17, 15) is 0 Å². The molecule has 0 saturated heterocycles. The van der Waals surface area contributed by atoms with E-state index in [1.54, 1.807) is 11.1 Å². The molecule has 0 aromatic heterocycles. The van der Waals surface area contributed by atoms with Crippen molar-refractivity contribution in [3.63, 3.8) is 0 Å². The van der Waals surface area contributed by atoms with Gasteiger partial charge in [-0.25, -0.2) is 0 Å². The summed E-state index contributed by atoms with van der Waals surface area (Å²) < 4.78 is 0. The van der Waals surface area contributed by atoms with E-state index >= 15 is 0 Å². The minimum Gasteiger partial charge on any atom is -0.412 e. The van der Waals surface area contributed by atoms with Crippen molar-refractivity contribution in [1.82, 2.24) is 0 Å². The van der Waals surface area contributed by atoms with Crippen LogP contribution in [0.2, 0.25) is 0 Å². The first-order valence-corrected chi connectivity index (χ1v) is 13.6. The van der Waals surface area contributed by atoms with Crippen molar-refractivity contribution in [2.24, 2.45) is 0 Å². The summed E-state index contributed by atoms with van der Waals surface area (Å²) in [7, 11) is 0. The third-order valence-electron chi connectivity index (χ3n) is 7.34. The predicted octanol–water partition coefficient (Wildman–Crippen LogP) is 7.87. The maximum atomic E-state index is 7.12. The zero-order valence-corrected chi connectivity index (χ0v) is 22.0. The Morgan fingerprint density at radius 3 is 1.65 bits per heavy atom. The summed E-state index contributed by atoms with van der Waals surface area (Å²) in [6.45, 7) is 6.14.